The molecule has 4 heteroatoms. The van der Waals surface area contributed by atoms with E-state index in [1.807, 2.05) is 23.4 Å². The molecule has 12 heavy (non-hydrogen) atoms. The number of thioether (sulfide) groups is 1. The Morgan fingerprint density at radius 2 is 2.42 bits per heavy atom. The van der Waals surface area contributed by atoms with Crippen LogP contribution in [0.1, 0.15) is 12.1 Å². The first kappa shape index (κ1) is 9.93. The highest BCUT2D eigenvalue weighted by molar-refractivity contribution is 7.98. The van der Waals surface area contributed by atoms with Crippen molar-refractivity contribution in [2.45, 2.75) is 19.9 Å². The van der Waals surface area contributed by atoms with E-state index >= 15 is 0 Å². The third-order valence-electron chi connectivity index (χ3n) is 1.76. The molecule has 0 unspecified atom stereocenters. The number of halogens is 1. The summed E-state index contributed by atoms with van der Waals surface area (Å²) in [5, 5.41) is 4.93. The van der Waals surface area contributed by atoms with Gasteiger partial charge in [0, 0.05) is 6.54 Å². The highest BCUT2D eigenvalue weighted by atomic mass is 35.5. The minimum Gasteiger partial charge on any atom is -0.268 e. The zero-order valence-electron chi connectivity index (χ0n) is 7.38. The van der Waals surface area contributed by atoms with Crippen LogP contribution in [-0.2, 0) is 6.54 Å². The lowest BCUT2D eigenvalue weighted by molar-refractivity contribution is 0.590. The predicted octanol–water partition coefficient (Wildman–Crippen LogP) is 2.60. The maximum atomic E-state index is 5.85. The van der Waals surface area contributed by atoms with E-state index in [0.717, 1.165) is 23.7 Å². The molecule has 0 aliphatic heterocycles. The Bertz CT molecular complexity index is 247. The molecule has 0 amide bonds. The van der Waals surface area contributed by atoms with Crippen molar-refractivity contribution in [3.05, 3.63) is 16.9 Å². The Labute approximate surface area is 82.3 Å². The summed E-state index contributed by atoms with van der Waals surface area (Å²) < 4.78 is 1.96. The van der Waals surface area contributed by atoms with Crippen LogP contribution in [0.15, 0.2) is 6.20 Å². The minimum absolute atomic E-state index is 0.763. The maximum Gasteiger partial charge on any atom is 0.0814 e. The lowest BCUT2D eigenvalue weighted by Crippen LogP contribution is -2.02. The smallest absolute Gasteiger partial charge is 0.0814 e. The largest absolute Gasteiger partial charge is 0.268 e. The van der Waals surface area contributed by atoms with Gasteiger partial charge in [-0.2, -0.15) is 16.9 Å². The van der Waals surface area contributed by atoms with Gasteiger partial charge in [-0.1, -0.05) is 11.6 Å². The number of nitrogens with zero attached hydrogens (tertiary/aromatic N) is 2. The fourth-order valence-corrected chi connectivity index (χ4v) is 1.57. The monoisotopic (exact) mass is 204 g/mol. The van der Waals surface area contributed by atoms with Crippen LogP contribution >= 0.6 is 23.4 Å². The first-order valence-corrected chi connectivity index (χ1v) is 5.69. The second kappa shape index (κ2) is 4.77. The molecule has 0 saturated heterocycles. The number of aryl methyl sites for hydroxylation is 1. The third-order valence-corrected chi connectivity index (χ3v) is 2.83. The normalized spacial score (nSPS) is 10.6. The lowest BCUT2D eigenvalue weighted by atomic mass is 10.4. The molecule has 1 aromatic heterocycles. The van der Waals surface area contributed by atoms with E-state index in [9.17, 15) is 0 Å². The van der Waals surface area contributed by atoms with Crippen molar-refractivity contribution in [1.29, 1.82) is 0 Å². The average Bonchev–Trinajstić information content (AvgIpc) is 2.36. The van der Waals surface area contributed by atoms with Gasteiger partial charge in [0.25, 0.3) is 0 Å². The molecule has 0 aliphatic carbocycles. The van der Waals surface area contributed by atoms with Gasteiger partial charge < -0.3 is 0 Å². The molecule has 1 rings (SSSR count). The Morgan fingerprint density at radius 1 is 1.67 bits per heavy atom. The molecule has 0 aliphatic rings. The van der Waals surface area contributed by atoms with Crippen LogP contribution in [0, 0.1) is 6.92 Å². The van der Waals surface area contributed by atoms with Crippen LogP contribution in [0.5, 0.6) is 0 Å². The quantitative estimate of drug-likeness (QED) is 0.702. The molecular weight excluding hydrogens is 192 g/mol. The van der Waals surface area contributed by atoms with E-state index in [4.69, 9.17) is 11.6 Å². The zero-order valence-corrected chi connectivity index (χ0v) is 8.95. The molecule has 2 nitrogen and oxygen atoms in total. The number of rotatable bonds is 4. The molecule has 1 heterocycles. The van der Waals surface area contributed by atoms with Crippen molar-refractivity contribution in [2.24, 2.45) is 0 Å². The van der Waals surface area contributed by atoms with E-state index in [1.165, 1.54) is 5.75 Å². The Kier molecular flexibility index (Phi) is 3.95. The number of aromatic nitrogens is 2. The van der Waals surface area contributed by atoms with Gasteiger partial charge in [0.05, 0.1) is 16.9 Å². The number of hydrogen-bond acceptors (Lipinski definition) is 2. The fourth-order valence-electron chi connectivity index (χ4n) is 1.01. The van der Waals surface area contributed by atoms with Crippen molar-refractivity contribution in [3.8, 4) is 0 Å². The van der Waals surface area contributed by atoms with Gasteiger partial charge in [0.1, 0.15) is 0 Å². The Morgan fingerprint density at radius 3 is 2.92 bits per heavy atom. The minimum atomic E-state index is 0.763. The van der Waals surface area contributed by atoms with E-state index < -0.39 is 0 Å². The van der Waals surface area contributed by atoms with E-state index in [1.54, 1.807) is 6.20 Å². The highest BCUT2D eigenvalue weighted by Crippen LogP contribution is 2.13. The standard InChI is InChI=1S/C8H13ClN2S/c1-7-8(9)6-10-11(7)4-3-5-12-2/h6H,3-5H2,1-2H3. The summed E-state index contributed by atoms with van der Waals surface area (Å²) in [4.78, 5) is 0. The molecule has 0 saturated carbocycles. The third kappa shape index (κ3) is 2.42. The zero-order chi connectivity index (χ0) is 8.97. The molecule has 0 bridgehead atoms. The SMILES string of the molecule is CSCCCn1ncc(Cl)c1C. The summed E-state index contributed by atoms with van der Waals surface area (Å²) in [6.07, 6.45) is 4.97. The number of hydrogen-bond donors (Lipinski definition) is 0. The lowest BCUT2D eigenvalue weighted by Gasteiger charge is -2.02. The van der Waals surface area contributed by atoms with Crippen molar-refractivity contribution in [2.75, 3.05) is 12.0 Å². The molecule has 0 spiro atoms. The van der Waals surface area contributed by atoms with Gasteiger partial charge in [0.2, 0.25) is 0 Å². The van der Waals surface area contributed by atoms with Crippen molar-refractivity contribution in [1.82, 2.24) is 9.78 Å². The van der Waals surface area contributed by atoms with Crippen LogP contribution in [-0.4, -0.2) is 21.8 Å². The van der Waals surface area contributed by atoms with E-state index in [2.05, 4.69) is 11.4 Å². The van der Waals surface area contributed by atoms with E-state index in [-0.39, 0.29) is 0 Å². The van der Waals surface area contributed by atoms with Gasteiger partial charge in [-0.25, -0.2) is 0 Å². The summed E-state index contributed by atoms with van der Waals surface area (Å²) in [5.74, 6) is 1.18. The van der Waals surface area contributed by atoms with Crippen LogP contribution in [0.2, 0.25) is 5.02 Å². The van der Waals surface area contributed by atoms with Crippen molar-refractivity contribution >= 4 is 23.4 Å². The van der Waals surface area contributed by atoms with Crippen LogP contribution in [0.4, 0.5) is 0 Å². The van der Waals surface area contributed by atoms with E-state index in [0.29, 0.717) is 0 Å². The first-order valence-electron chi connectivity index (χ1n) is 3.92. The van der Waals surface area contributed by atoms with Crippen molar-refractivity contribution in [3.63, 3.8) is 0 Å². The summed E-state index contributed by atoms with van der Waals surface area (Å²) in [5.41, 5.74) is 1.07. The fraction of sp³-hybridized carbons (Fsp3) is 0.625. The second-order valence-electron chi connectivity index (χ2n) is 2.65. The molecular formula is C8H13ClN2S. The van der Waals surface area contributed by atoms with Gasteiger partial charge in [-0.15, -0.1) is 0 Å². The highest BCUT2D eigenvalue weighted by Gasteiger charge is 2.01. The topological polar surface area (TPSA) is 17.8 Å². The Balaban J connectivity index is 2.46. The molecule has 0 N–H and O–H groups in total. The van der Waals surface area contributed by atoms with Gasteiger partial charge in [0.15, 0.2) is 0 Å². The average molecular weight is 205 g/mol. The molecule has 0 radical (unpaired) electrons. The van der Waals surface area contributed by atoms with Gasteiger partial charge >= 0.3 is 0 Å². The van der Waals surface area contributed by atoms with Gasteiger partial charge in [-0.05, 0) is 25.4 Å². The van der Waals surface area contributed by atoms with Crippen LogP contribution in [0.3, 0.4) is 0 Å². The Hall–Kier alpha value is -0.150. The van der Waals surface area contributed by atoms with Crippen molar-refractivity contribution < 1.29 is 0 Å². The first-order chi connectivity index (χ1) is 5.75. The molecule has 0 fully saturated rings. The summed E-state index contributed by atoms with van der Waals surface area (Å²) >= 11 is 7.71. The predicted molar refractivity (Wildman–Crippen MR) is 55.0 cm³/mol. The summed E-state index contributed by atoms with van der Waals surface area (Å²) in [6.45, 7) is 2.97. The van der Waals surface area contributed by atoms with Gasteiger partial charge in [-0.3, -0.25) is 4.68 Å². The maximum absolute atomic E-state index is 5.85. The molecule has 0 aromatic carbocycles. The molecule has 0 atom stereocenters. The van der Waals surface area contributed by atoms with Crippen LogP contribution in [0.25, 0.3) is 0 Å². The second-order valence-corrected chi connectivity index (χ2v) is 4.04. The molecule has 1 aromatic rings. The summed E-state index contributed by atoms with van der Waals surface area (Å²) in [6, 6.07) is 0. The molecule has 68 valence electrons. The van der Waals surface area contributed by atoms with Crippen LogP contribution < -0.4 is 0 Å². The summed E-state index contributed by atoms with van der Waals surface area (Å²) in [7, 11) is 0.